The van der Waals surface area contributed by atoms with Gasteiger partial charge in [-0.15, -0.1) is 0 Å². The third-order valence-corrected chi connectivity index (χ3v) is 5.54. The van der Waals surface area contributed by atoms with Crippen molar-refractivity contribution in [3.63, 3.8) is 0 Å². The first-order valence-electron chi connectivity index (χ1n) is 10.1. The van der Waals surface area contributed by atoms with Crippen LogP contribution in [0.15, 0.2) is 59.0 Å². The van der Waals surface area contributed by atoms with Crippen LogP contribution in [0.5, 0.6) is 5.75 Å². The number of carbonyl (C=O) groups excluding carboxylic acids is 1. The van der Waals surface area contributed by atoms with Crippen molar-refractivity contribution in [2.75, 3.05) is 20.2 Å². The molecule has 1 saturated heterocycles. The molecule has 0 aliphatic carbocycles. The summed E-state index contributed by atoms with van der Waals surface area (Å²) >= 11 is 0. The number of benzene rings is 2. The van der Waals surface area contributed by atoms with Crippen LogP contribution in [-0.2, 0) is 0 Å². The molecule has 30 heavy (non-hydrogen) atoms. The van der Waals surface area contributed by atoms with Gasteiger partial charge in [-0.2, -0.15) is 5.10 Å². The van der Waals surface area contributed by atoms with Crippen molar-refractivity contribution in [2.24, 2.45) is 0 Å². The quantitative estimate of drug-likeness (QED) is 0.552. The summed E-state index contributed by atoms with van der Waals surface area (Å²) in [5, 5.41) is 7.22. The lowest BCUT2D eigenvalue weighted by Gasteiger charge is -2.30. The van der Waals surface area contributed by atoms with Crippen molar-refractivity contribution >= 4 is 17.0 Å². The maximum atomic E-state index is 13.1. The number of para-hydroxylation sites is 2. The molecule has 1 amide bonds. The minimum atomic E-state index is -0.0579. The van der Waals surface area contributed by atoms with Crippen LogP contribution in [0.4, 0.5) is 0 Å². The number of carbonyl (C=O) groups is 1. The highest BCUT2D eigenvalue weighted by atomic mass is 16.5. The van der Waals surface area contributed by atoms with Crippen LogP contribution >= 0.6 is 0 Å². The summed E-state index contributed by atoms with van der Waals surface area (Å²) in [4.78, 5) is 19.6. The Labute approximate surface area is 173 Å². The minimum absolute atomic E-state index is 0.0579. The summed E-state index contributed by atoms with van der Waals surface area (Å²) in [6, 6.07) is 17.2. The van der Waals surface area contributed by atoms with Gasteiger partial charge < -0.3 is 14.1 Å². The Hall–Kier alpha value is -3.61. The number of hydrogen-bond donors (Lipinski definition) is 1. The molecular weight excluding hydrogens is 380 g/mol. The smallest absolute Gasteiger partial charge is 0.271 e. The fourth-order valence-corrected chi connectivity index (χ4v) is 3.96. The zero-order valence-corrected chi connectivity index (χ0v) is 16.7. The Balaban J connectivity index is 1.34. The van der Waals surface area contributed by atoms with Crippen LogP contribution in [0.3, 0.4) is 0 Å². The first-order valence-corrected chi connectivity index (χ1v) is 10.1. The van der Waals surface area contributed by atoms with Gasteiger partial charge in [-0.25, -0.2) is 4.98 Å². The van der Waals surface area contributed by atoms with E-state index in [2.05, 4.69) is 15.2 Å². The molecule has 0 saturated carbocycles. The fraction of sp³-hybridized carbons (Fsp3) is 0.261. The van der Waals surface area contributed by atoms with Crippen LogP contribution in [0.2, 0.25) is 0 Å². The average molecular weight is 402 g/mol. The van der Waals surface area contributed by atoms with E-state index >= 15 is 0 Å². The predicted molar refractivity (Wildman–Crippen MR) is 112 cm³/mol. The van der Waals surface area contributed by atoms with Crippen LogP contribution in [0.25, 0.3) is 22.4 Å². The third kappa shape index (κ3) is 3.43. The molecular formula is C23H22N4O3. The summed E-state index contributed by atoms with van der Waals surface area (Å²) in [5.74, 6) is 1.49. The first kappa shape index (κ1) is 18.4. The molecule has 7 nitrogen and oxygen atoms in total. The number of rotatable bonds is 4. The van der Waals surface area contributed by atoms with Gasteiger partial charge in [0.25, 0.3) is 5.91 Å². The van der Waals surface area contributed by atoms with E-state index in [0.29, 0.717) is 30.4 Å². The number of fused-ring (bicyclic) bond motifs is 1. The van der Waals surface area contributed by atoms with Gasteiger partial charge in [0.1, 0.15) is 17.0 Å². The van der Waals surface area contributed by atoms with Crippen molar-refractivity contribution < 1.29 is 13.9 Å². The molecule has 5 rings (SSSR count). The molecule has 1 unspecified atom stereocenters. The largest absolute Gasteiger partial charge is 0.497 e. The number of oxazole rings is 1. The number of nitrogens with one attached hydrogen (secondary N) is 1. The van der Waals surface area contributed by atoms with E-state index in [9.17, 15) is 4.79 Å². The van der Waals surface area contributed by atoms with Gasteiger partial charge in [0.05, 0.1) is 18.7 Å². The Morgan fingerprint density at radius 2 is 2.10 bits per heavy atom. The van der Waals surface area contributed by atoms with Crippen LogP contribution in [-0.4, -0.2) is 46.2 Å². The molecule has 1 N–H and O–H groups in total. The molecule has 0 bridgehead atoms. The summed E-state index contributed by atoms with van der Waals surface area (Å²) < 4.78 is 11.2. The molecule has 0 spiro atoms. The van der Waals surface area contributed by atoms with Crippen molar-refractivity contribution in [1.82, 2.24) is 20.1 Å². The molecule has 1 aliphatic rings. The number of amides is 1. The molecule has 2 aromatic carbocycles. The monoisotopic (exact) mass is 402 g/mol. The molecule has 7 heteroatoms. The number of piperidine rings is 1. The maximum absolute atomic E-state index is 13.1. The normalized spacial score (nSPS) is 16.7. The summed E-state index contributed by atoms with van der Waals surface area (Å²) in [6.07, 6.45) is 1.86. The minimum Gasteiger partial charge on any atom is -0.497 e. The molecule has 4 aromatic rings. The molecule has 1 aliphatic heterocycles. The zero-order chi connectivity index (χ0) is 20.5. The van der Waals surface area contributed by atoms with Crippen LogP contribution < -0.4 is 4.74 Å². The van der Waals surface area contributed by atoms with E-state index in [0.717, 1.165) is 35.3 Å². The summed E-state index contributed by atoms with van der Waals surface area (Å²) in [7, 11) is 1.63. The third-order valence-electron chi connectivity index (χ3n) is 5.54. The van der Waals surface area contributed by atoms with Crippen LogP contribution in [0, 0.1) is 0 Å². The lowest BCUT2D eigenvalue weighted by molar-refractivity contribution is 0.0693. The van der Waals surface area contributed by atoms with Crippen molar-refractivity contribution in [1.29, 1.82) is 0 Å². The van der Waals surface area contributed by atoms with E-state index in [4.69, 9.17) is 9.15 Å². The van der Waals surface area contributed by atoms with Gasteiger partial charge in [-0.05, 0) is 43.2 Å². The number of aromatic amines is 1. The average Bonchev–Trinajstić information content (AvgIpc) is 3.46. The molecule has 1 atom stereocenters. The van der Waals surface area contributed by atoms with Gasteiger partial charge >= 0.3 is 0 Å². The predicted octanol–water partition coefficient (Wildman–Crippen LogP) is 4.25. The molecule has 152 valence electrons. The fourth-order valence-electron chi connectivity index (χ4n) is 3.96. The highest BCUT2D eigenvalue weighted by Gasteiger charge is 2.29. The molecule has 0 radical (unpaired) electrons. The van der Waals surface area contributed by atoms with Gasteiger partial charge in [-0.1, -0.05) is 24.3 Å². The van der Waals surface area contributed by atoms with E-state index < -0.39 is 0 Å². The second-order valence-electron chi connectivity index (χ2n) is 7.51. The van der Waals surface area contributed by atoms with E-state index in [1.807, 2.05) is 53.4 Å². The highest BCUT2D eigenvalue weighted by molar-refractivity contribution is 5.93. The highest BCUT2D eigenvalue weighted by Crippen LogP contribution is 2.30. The topological polar surface area (TPSA) is 84.2 Å². The first-order chi connectivity index (χ1) is 14.7. The van der Waals surface area contributed by atoms with E-state index in [1.165, 1.54) is 0 Å². The van der Waals surface area contributed by atoms with Gasteiger partial charge in [0, 0.05) is 18.7 Å². The second kappa shape index (κ2) is 7.67. The van der Waals surface area contributed by atoms with Gasteiger partial charge in [0.15, 0.2) is 11.5 Å². The zero-order valence-electron chi connectivity index (χ0n) is 16.7. The van der Waals surface area contributed by atoms with Gasteiger partial charge in [-0.3, -0.25) is 9.89 Å². The summed E-state index contributed by atoms with van der Waals surface area (Å²) in [6.45, 7) is 1.29. The standard InChI is InChI=1S/C23H22N4O3/c1-29-17-8-4-6-15(12-17)19-13-20(26-25-19)23(28)27-11-5-7-16(14-27)22-24-18-9-2-3-10-21(18)30-22/h2-4,6,8-10,12-13,16H,5,7,11,14H2,1H3,(H,25,26). The number of hydrogen-bond acceptors (Lipinski definition) is 5. The van der Waals surface area contributed by atoms with Gasteiger partial charge in [0.2, 0.25) is 0 Å². The lowest BCUT2D eigenvalue weighted by atomic mass is 9.97. The number of likely N-dealkylation sites (tertiary alicyclic amines) is 1. The molecule has 1 fully saturated rings. The Morgan fingerprint density at radius 1 is 1.20 bits per heavy atom. The SMILES string of the molecule is COc1cccc(-c2cc(C(=O)N3CCCC(c4nc5ccccc5o4)C3)[nH]n2)c1. The Bertz CT molecular complexity index is 1160. The number of H-pyrrole nitrogens is 1. The van der Waals surface area contributed by atoms with E-state index in [-0.39, 0.29) is 11.8 Å². The lowest BCUT2D eigenvalue weighted by Crippen LogP contribution is -2.39. The number of methoxy groups -OCH3 is 1. The maximum Gasteiger partial charge on any atom is 0.271 e. The Morgan fingerprint density at radius 3 is 2.97 bits per heavy atom. The summed E-state index contributed by atoms with van der Waals surface area (Å²) in [5.41, 5.74) is 3.73. The number of aromatic nitrogens is 3. The number of ether oxygens (including phenoxy) is 1. The van der Waals surface area contributed by atoms with Crippen molar-refractivity contribution in [2.45, 2.75) is 18.8 Å². The van der Waals surface area contributed by atoms with Crippen molar-refractivity contribution in [3.05, 3.63) is 66.2 Å². The Kier molecular flexibility index (Phi) is 4.71. The second-order valence-corrected chi connectivity index (χ2v) is 7.51. The number of nitrogens with zero attached hydrogens (tertiary/aromatic N) is 3. The van der Waals surface area contributed by atoms with E-state index in [1.54, 1.807) is 13.2 Å². The molecule has 2 aromatic heterocycles. The van der Waals surface area contributed by atoms with Crippen molar-refractivity contribution in [3.8, 4) is 17.0 Å². The molecule has 3 heterocycles. The van der Waals surface area contributed by atoms with Crippen LogP contribution in [0.1, 0.15) is 35.1 Å².